The maximum atomic E-state index is 14.0. The molecule has 0 spiro atoms. The molecule has 1 fully saturated rings. The van der Waals surface area contributed by atoms with Crippen LogP contribution in [0.1, 0.15) is 18.1 Å². The highest BCUT2D eigenvalue weighted by Gasteiger charge is 2.49. The summed E-state index contributed by atoms with van der Waals surface area (Å²) in [6.45, 7) is 1.22. The molecule has 160 valence electrons. The first-order valence-electron chi connectivity index (χ1n) is 9.10. The Balaban J connectivity index is 1.62. The zero-order valence-electron chi connectivity index (χ0n) is 16.0. The largest absolute Gasteiger partial charge is 0.573 e. The molecule has 6 nitrogen and oxygen atoms in total. The number of nitrogens with zero attached hydrogens (tertiary/aromatic N) is 2. The molecule has 3 aromatic rings. The van der Waals surface area contributed by atoms with Crippen LogP contribution in [0.4, 0.5) is 22.4 Å². The van der Waals surface area contributed by atoms with E-state index in [0.29, 0.717) is 16.5 Å². The number of ether oxygens (including phenoxy) is 1. The molecule has 1 aliphatic heterocycles. The van der Waals surface area contributed by atoms with Gasteiger partial charge in [0.05, 0.1) is 12.1 Å². The van der Waals surface area contributed by atoms with Gasteiger partial charge in [-0.1, -0.05) is 18.2 Å². The summed E-state index contributed by atoms with van der Waals surface area (Å²) in [4.78, 5) is 30.8. The Hall–Kier alpha value is -3.69. The van der Waals surface area contributed by atoms with Gasteiger partial charge in [0, 0.05) is 17.1 Å². The molecule has 0 radical (unpaired) electrons. The predicted molar refractivity (Wildman–Crippen MR) is 101 cm³/mol. The number of hydrogen-bond donors (Lipinski definition) is 1. The highest BCUT2D eigenvalue weighted by atomic mass is 19.4. The second kappa shape index (κ2) is 7.22. The lowest BCUT2D eigenvalue weighted by atomic mass is 9.92. The Bertz CT molecular complexity index is 1180. The lowest BCUT2D eigenvalue weighted by Gasteiger charge is -2.22. The van der Waals surface area contributed by atoms with Crippen LogP contribution in [-0.4, -0.2) is 28.2 Å². The molecule has 2 aromatic carbocycles. The number of carbonyl (C=O) groups is 2. The van der Waals surface area contributed by atoms with Gasteiger partial charge in [0.1, 0.15) is 17.1 Å². The van der Waals surface area contributed by atoms with Gasteiger partial charge in [0.15, 0.2) is 0 Å². The van der Waals surface area contributed by atoms with Crippen molar-refractivity contribution in [3.63, 3.8) is 0 Å². The Morgan fingerprint density at radius 2 is 1.84 bits per heavy atom. The first kappa shape index (κ1) is 20.6. The molecule has 31 heavy (non-hydrogen) atoms. The van der Waals surface area contributed by atoms with E-state index in [1.165, 1.54) is 37.4 Å². The molecule has 4 rings (SSSR count). The number of imide groups is 1. The van der Waals surface area contributed by atoms with Gasteiger partial charge in [0.2, 0.25) is 0 Å². The first-order valence-corrected chi connectivity index (χ1v) is 9.10. The number of alkyl halides is 3. The van der Waals surface area contributed by atoms with Crippen molar-refractivity contribution < 1.29 is 31.9 Å². The van der Waals surface area contributed by atoms with Crippen molar-refractivity contribution in [1.82, 2.24) is 15.2 Å². The van der Waals surface area contributed by atoms with Crippen molar-refractivity contribution in [3.05, 3.63) is 71.7 Å². The number of halogens is 4. The summed E-state index contributed by atoms with van der Waals surface area (Å²) < 4.78 is 54.9. The van der Waals surface area contributed by atoms with Crippen molar-refractivity contribution in [1.29, 1.82) is 0 Å². The lowest BCUT2D eigenvalue weighted by Crippen LogP contribution is -2.40. The fourth-order valence-corrected chi connectivity index (χ4v) is 3.54. The molecule has 0 aliphatic carbocycles. The van der Waals surface area contributed by atoms with E-state index >= 15 is 0 Å². The summed E-state index contributed by atoms with van der Waals surface area (Å²) in [5.41, 5.74) is -0.446. The van der Waals surface area contributed by atoms with Crippen molar-refractivity contribution in [2.24, 2.45) is 0 Å². The molecule has 1 saturated heterocycles. The summed E-state index contributed by atoms with van der Waals surface area (Å²) in [6, 6.07) is 9.74. The number of urea groups is 1. The molecule has 1 aliphatic rings. The van der Waals surface area contributed by atoms with Crippen molar-refractivity contribution >= 4 is 22.8 Å². The van der Waals surface area contributed by atoms with Gasteiger partial charge in [-0.05, 0) is 42.8 Å². The van der Waals surface area contributed by atoms with Crippen LogP contribution in [0, 0.1) is 5.82 Å². The zero-order valence-corrected chi connectivity index (χ0v) is 16.0. The summed E-state index contributed by atoms with van der Waals surface area (Å²) in [5, 5.41) is 3.08. The number of fused-ring (bicyclic) bond motifs is 1. The quantitative estimate of drug-likeness (QED) is 0.494. The van der Waals surface area contributed by atoms with E-state index in [1.807, 2.05) is 0 Å². The van der Waals surface area contributed by atoms with Crippen molar-refractivity contribution in [3.8, 4) is 5.75 Å². The number of pyridine rings is 1. The molecule has 1 aromatic heterocycles. The molecule has 1 N–H and O–H groups in total. The van der Waals surface area contributed by atoms with Gasteiger partial charge < -0.3 is 10.1 Å². The highest BCUT2D eigenvalue weighted by molar-refractivity contribution is 6.07. The minimum Gasteiger partial charge on any atom is -0.406 e. The van der Waals surface area contributed by atoms with Crippen LogP contribution < -0.4 is 10.1 Å². The fourth-order valence-electron chi connectivity index (χ4n) is 3.54. The van der Waals surface area contributed by atoms with Crippen LogP contribution in [0.15, 0.2) is 54.7 Å². The van der Waals surface area contributed by atoms with Crippen molar-refractivity contribution in [2.45, 2.75) is 25.4 Å². The van der Waals surface area contributed by atoms with Gasteiger partial charge in [-0.3, -0.25) is 14.7 Å². The second-order valence-electron chi connectivity index (χ2n) is 7.16. The van der Waals surface area contributed by atoms with E-state index in [4.69, 9.17) is 0 Å². The average molecular weight is 433 g/mol. The molecule has 1 atom stereocenters. The monoisotopic (exact) mass is 433 g/mol. The molecule has 1 unspecified atom stereocenters. The Kier molecular flexibility index (Phi) is 4.79. The van der Waals surface area contributed by atoms with Gasteiger partial charge in [0.25, 0.3) is 5.91 Å². The number of aromatic nitrogens is 1. The number of nitrogens with one attached hydrogen (secondary N) is 1. The van der Waals surface area contributed by atoms with Crippen molar-refractivity contribution in [2.75, 3.05) is 0 Å². The van der Waals surface area contributed by atoms with Gasteiger partial charge in [-0.15, -0.1) is 13.2 Å². The number of rotatable bonds is 4. The molecular weight excluding hydrogens is 418 g/mol. The number of carbonyl (C=O) groups excluding carboxylic acids is 2. The third-order valence-corrected chi connectivity index (χ3v) is 5.02. The number of amides is 3. The van der Waals surface area contributed by atoms with E-state index < -0.39 is 35.4 Å². The van der Waals surface area contributed by atoms with Crippen LogP contribution in [-0.2, 0) is 16.9 Å². The lowest BCUT2D eigenvalue weighted by molar-refractivity contribution is -0.274. The number of benzene rings is 2. The SMILES string of the molecule is CC1(c2ccc(OC(F)(F)F)cc2)NC(=O)N(Cc2cc(F)cc3cccnc23)C1=O. The van der Waals surface area contributed by atoms with Crippen LogP contribution in [0.5, 0.6) is 5.75 Å². The zero-order chi connectivity index (χ0) is 22.4. The molecular formula is C21H15F4N3O3. The van der Waals surface area contributed by atoms with Gasteiger partial charge in [-0.25, -0.2) is 9.18 Å². The summed E-state index contributed by atoms with van der Waals surface area (Å²) in [6.07, 6.45) is -3.33. The minimum absolute atomic E-state index is 0.221. The van der Waals surface area contributed by atoms with Crippen LogP contribution >= 0.6 is 0 Å². The van der Waals surface area contributed by atoms with E-state index in [-0.39, 0.29) is 12.1 Å². The molecule has 3 amide bonds. The fraction of sp³-hybridized carbons (Fsp3) is 0.190. The van der Waals surface area contributed by atoms with Gasteiger partial charge in [-0.2, -0.15) is 0 Å². The Morgan fingerprint density at radius 1 is 1.13 bits per heavy atom. The average Bonchev–Trinajstić information content (AvgIpc) is 2.91. The minimum atomic E-state index is -4.85. The van der Waals surface area contributed by atoms with E-state index in [9.17, 15) is 27.2 Å². The number of hydrogen-bond acceptors (Lipinski definition) is 4. The predicted octanol–water partition coefficient (Wildman–Crippen LogP) is 4.24. The third kappa shape index (κ3) is 3.88. The Morgan fingerprint density at radius 3 is 2.52 bits per heavy atom. The maximum Gasteiger partial charge on any atom is 0.573 e. The maximum absolute atomic E-state index is 14.0. The molecule has 0 saturated carbocycles. The molecule has 0 bridgehead atoms. The summed E-state index contributed by atoms with van der Waals surface area (Å²) in [5.74, 6) is -1.62. The first-order chi connectivity index (χ1) is 14.6. The summed E-state index contributed by atoms with van der Waals surface area (Å²) >= 11 is 0. The summed E-state index contributed by atoms with van der Waals surface area (Å²) in [7, 11) is 0. The molecule has 10 heteroatoms. The Labute approximate surface area is 173 Å². The van der Waals surface area contributed by atoms with Gasteiger partial charge >= 0.3 is 12.4 Å². The van der Waals surface area contributed by atoms with E-state index in [0.717, 1.165) is 17.0 Å². The smallest absolute Gasteiger partial charge is 0.406 e. The van der Waals surface area contributed by atoms with Crippen LogP contribution in [0.2, 0.25) is 0 Å². The second-order valence-corrected chi connectivity index (χ2v) is 7.16. The van der Waals surface area contributed by atoms with Crippen LogP contribution in [0.25, 0.3) is 10.9 Å². The normalized spacial score (nSPS) is 19.1. The molecule has 2 heterocycles. The third-order valence-electron chi connectivity index (χ3n) is 5.02. The highest BCUT2D eigenvalue weighted by Crippen LogP contribution is 2.32. The standard InChI is InChI=1S/C21H15F4N3O3/c1-20(14-4-6-16(7-5-14)31-21(23,24)25)18(29)28(19(30)27-20)11-13-10-15(22)9-12-3-2-8-26-17(12)13/h2-10H,11H2,1H3,(H,27,30). The van der Waals surface area contributed by atoms with Crippen LogP contribution in [0.3, 0.4) is 0 Å². The van der Waals surface area contributed by atoms with E-state index in [1.54, 1.807) is 12.1 Å². The van der Waals surface area contributed by atoms with E-state index in [2.05, 4.69) is 15.0 Å². The topological polar surface area (TPSA) is 71.5 Å².